The summed E-state index contributed by atoms with van der Waals surface area (Å²) in [5, 5.41) is 10.7. The number of Topliss-reactive ketones (excluding diaryl/α,β-unsaturated/α-hetero) is 1. The van der Waals surface area contributed by atoms with Crippen LogP contribution >= 0.6 is 0 Å². The molecule has 0 aromatic heterocycles. The number of fused-ring (bicyclic) bond motifs is 1. The van der Waals surface area contributed by atoms with Crippen LogP contribution in [0.5, 0.6) is 5.75 Å². The van der Waals surface area contributed by atoms with Gasteiger partial charge in [-0.3, -0.25) is 14.9 Å². The summed E-state index contributed by atoms with van der Waals surface area (Å²) < 4.78 is 28.9. The largest absolute Gasteiger partial charge is 0.486 e. The summed E-state index contributed by atoms with van der Waals surface area (Å²) in [5.41, 5.74) is -0.748. The van der Waals surface area contributed by atoms with Crippen LogP contribution in [0.2, 0.25) is 0 Å². The Kier molecular flexibility index (Phi) is 3.01. The fraction of sp³-hybridized carbons (Fsp3) is 0.462. The van der Waals surface area contributed by atoms with Gasteiger partial charge in [0.05, 0.1) is 28.4 Å². The number of rotatable bonds is 1. The standard InChI is InChI=1S/C13H13NO6S/c15-11-8-13(3-5-21(18,19)6-4-13)20-12-2-1-9(14(16)17)7-10(11)12/h1-2,7H,3-6,8H2. The molecule has 7 nitrogen and oxygen atoms in total. The summed E-state index contributed by atoms with van der Waals surface area (Å²) in [5.74, 6) is 0.0703. The van der Waals surface area contributed by atoms with E-state index < -0.39 is 20.4 Å². The topological polar surface area (TPSA) is 104 Å². The van der Waals surface area contributed by atoms with E-state index in [0.717, 1.165) is 0 Å². The molecule has 0 N–H and O–H groups in total. The second kappa shape index (κ2) is 4.52. The molecule has 2 heterocycles. The van der Waals surface area contributed by atoms with Crippen LogP contribution in [0, 0.1) is 10.1 Å². The van der Waals surface area contributed by atoms with Crippen molar-refractivity contribution in [2.24, 2.45) is 0 Å². The van der Waals surface area contributed by atoms with Crippen molar-refractivity contribution >= 4 is 21.3 Å². The molecule has 0 bridgehead atoms. The monoisotopic (exact) mass is 311 g/mol. The van der Waals surface area contributed by atoms with Crippen LogP contribution < -0.4 is 4.74 Å². The minimum absolute atomic E-state index is 0.00257. The number of hydrogen-bond acceptors (Lipinski definition) is 6. The molecule has 0 saturated carbocycles. The lowest BCUT2D eigenvalue weighted by atomic mass is 9.85. The van der Waals surface area contributed by atoms with Crippen molar-refractivity contribution < 1.29 is 22.9 Å². The summed E-state index contributed by atoms with van der Waals surface area (Å²) in [6.45, 7) is 0. The molecule has 0 radical (unpaired) electrons. The van der Waals surface area contributed by atoms with Crippen LogP contribution in [0.3, 0.4) is 0 Å². The van der Waals surface area contributed by atoms with Crippen LogP contribution in [0.15, 0.2) is 18.2 Å². The lowest BCUT2D eigenvalue weighted by Crippen LogP contribution is -2.48. The number of carbonyl (C=O) groups is 1. The maximum atomic E-state index is 12.2. The molecule has 2 aliphatic heterocycles. The first-order chi connectivity index (χ1) is 9.80. The van der Waals surface area contributed by atoms with Crippen molar-refractivity contribution in [3.63, 3.8) is 0 Å². The number of ether oxygens (including phenoxy) is 1. The molecule has 1 fully saturated rings. The van der Waals surface area contributed by atoms with E-state index in [4.69, 9.17) is 4.74 Å². The molecular formula is C13H13NO6S. The van der Waals surface area contributed by atoms with Crippen molar-refractivity contribution in [2.75, 3.05) is 11.5 Å². The summed E-state index contributed by atoms with van der Waals surface area (Å²) in [7, 11) is -3.05. The van der Waals surface area contributed by atoms with E-state index >= 15 is 0 Å². The quantitative estimate of drug-likeness (QED) is 0.575. The number of sulfone groups is 1. The number of non-ortho nitro benzene ring substituents is 1. The summed E-state index contributed by atoms with van der Waals surface area (Å²) in [6.07, 6.45) is 0.617. The Morgan fingerprint density at radius 3 is 2.52 bits per heavy atom. The van der Waals surface area contributed by atoms with Gasteiger partial charge in [0.15, 0.2) is 15.6 Å². The number of nitro groups is 1. The van der Waals surface area contributed by atoms with Gasteiger partial charge < -0.3 is 4.74 Å². The van der Waals surface area contributed by atoms with Crippen LogP contribution in [0.4, 0.5) is 5.69 Å². The zero-order chi connectivity index (χ0) is 15.3. The predicted molar refractivity (Wildman–Crippen MR) is 73.3 cm³/mol. The number of nitro benzene ring substituents is 1. The zero-order valence-electron chi connectivity index (χ0n) is 11.1. The van der Waals surface area contributed by atoms with E-state index in [9.17, 15) is 23.3 Å². The van der Waals surface area contributed by atoms with Crippen molar-refractivity contribution in [3.8, 4) is 5.75 Å². The van der Waals surface area contributed by atoms with E-state index in [1.165, 1.54) is 18.2 Å². The van der Waals surface area contributed by atoms with Crippen molar-refractivity contribution in [1.82, 2.24) is 0 Å². The van der Waals surface area contributed by atoms with Crippen LogP contribution in [-0.2, 0) is 9.84 Å². The molecule has 0 atom stereocenters. The molecule has 0 amide bonds. The van der Waals surface area contributed by atoms with Crippen LogP contribution in [-0.4, -0.2) is 36.2 Å². The van der Waals surface area contributed by atoms with Gasteiger partial charge in [-0.15, -0.1) is 0 Å². The second-order valence-electron chi connectivity index (χ2n) is 5.47. The second-order valence-corrected chi connectivity index (χ2v) is 7.78. The van der Waals surface area contributed by atoms with Crippen molar-refractivity contribution in [2.45, 2.75) is 24.9 Å². The molecule has 0 unspecified atom stereocenters. The normalized spacial score (nSPS) is 22.4. The first kappa shape index (κ1) is 14.0. The maximum absolute atomic E-state index is 12.2. The van der Waals surface area contributed by atoms with Crippen LogP contribution in [0.1, 0.15) is 29.6 Å². The van der Waals surface area contributed by atoms with Gasteiger partial charge in [0.2, 0.25) is 0 Å². The molecule has 1 aromatic carbocycles. The van der Waals surface area contributed by atoms with Crippen LogP contribution in [0.25, 0.3) is 0 Å². The molecule has 8 heteroatoms. The molecule has 1 spiro atoms. The average Bonchev–Trinajstić information content (AvgIpc) is 2.42. The van der Waals surface area contributed by atoms with E-state index in [1.54, 1.807) is 0 Å². The highest BCUT2D eigenvalue weighted by Crippen LogP contribution is 2.40. The third-order valence-corrected chi connectivity index (χ3v) is 5.67. The van der Waals surface area contributed by atoms with E-state index in [0.29, 0.717) is 5.75 Å². The Labute approximate surface area is 121 Å². The minimum atomic E-state index is -3.05. The Hall–Kier alpha value is -1.96. The van der Waals surface area contributed by atoms with Gasteiger partial charge in [-0.2, -0.15) is 0 Å². The Morgan fingerprint density at radius 1 is 1.24 bits per heavy atom. The molecule has 1 aromatic rings. The summed E-state index contributed by atoms with van der Waals surface area (Å²) in [6, 6.07) is 3.91. The zero-order valence-corrected chi connectivity index (χ0v) is 11.9. The van der Waals surface area contributed by atoms with Gasteiger partial charge in [-0.1, -0.05) is 0 Å². The molecule has 2 aliphatic rings. The van der Waals surface area contributed by atoms with E-state index in [-0.39, 0.29) is 47.8 Å². The molecular weight excluding hydrogens is 298 g/mol. The van der Waals surface area contributed by atoms with E-state index in [1.807, 2.05) is 0 Å². The Morgan fingerprint density at radius 2 is 1.90 bits per heavy atom. The van der Waals surface area contributed by atoms with Gasteiger partial charge in [-0.25, -0.2) is 8.42 Å². The lowest BCUT2D eigenvalue weighted by molar-refractivity contribution is -0.384. The SMILES string of the molecule is O=C1CC2(CCS(=O)(=O)CC2)Oc2ccc([N+](=O)[O-])cc21. The van der Waals surface area contributed by atoms with Crippen molar-refractivity contribution in [1.29, 1.82) is 0 Å². The number of carbonyl (C=O) groups excluding carboxylic acids is 1. The first-order valence-corrected chi connectivity index (χ1v) is 8.34. The van der Waals surface area contributed by atoms with Gasteiger partial charge in [-0.05, 0) is 6.07 Å². The van der Waals surface area contributed by atoms with Crippen molar-refractivity contribution in [3.05, 3.63) is 33.9 Å². The third-order valence-electron chi connectivity index (χ3n) is 4.02. The van der Waals surface area contributed by atoms with E-state index in [2.05, 4.69) is 0 Å². The lowest BCUT2D eigenvalue weighted by Gasteiger charge is -2.40. The summed E-state index contributed by atoms with van der Waals surface area (Å²) >= 11 is 0. The number of hydrogen-bond donors (Lipinski definition) is 0. The Balaban J connectivity index is 1.93. The molecule has 112 valence electrons. The molecule has 1 saturated heterocycles. The van der Waals surface area contributed by atoms with Gasteiger partial charge in [0, 0.05) is 25.0 Å². The molecule has 0 aliphatic carbocycles. The molecule has 3 rings (SSSR count). The van der Waals surface area contributed by atoms with Gasteiger partial charge in [0.25, 0.3) is 5.69 Å². The fourth-order valence-corrected chi connectivity index (χ4v) is 4.35. The maximum Gasteiger partial charge on any atom is 0.270 e. The molecule has 21 heavy (non-hydrogen) atoms. The number of ketones is 1. The highest BCUT2D eigenvalue weighted by Gasteiger charge is 2.44. The minimum Gasteiger partial charge on any atom is -0.486 e. The highest BCUT2D eigenvalue weighted by atomic mass is 32.2. The highest BCUT2D eigenvalue weighted by molar-refractivity contribution is 7.91. The summed E-state index contributed by atoms with van der Waals surface area (Å²) in [4.78, 5) is 22.4. The number of nitrogens with zero attached hydrogens (tertiary/aromatic N) is 1. The Bertz CT molecular complexity index is 725. The average molecular weight is 311 g/mol. The van der Waals surface area contributed by atoms with Gasteiger partial charge >= 0.3 is 0 Å². The smallest absolute Gasteiger partial charge is 0.270 e. The predicted octanol–water partition coefficient (Wildman–Crippen LogP) is 1.51. The third kappa shape index (κ3) is 2.51. The fourth-order valence-electron chi connectivity index (χ4n) is 2.78. The first-order valence-electron chi connectivity index (χ1n) is 6.51. The van der Waals surface area contributed by atoms with Gasteiger partial charge in [0.1, 0.15) is 11.4 Å². The number of benzene rings is 1.